The van der Waals surface area contributed by atoms with Crippen molar-refractivity contribution < 1.29 is 32.9 Å². The summed E-state index contributed by atoms with van der Waals surface area (Å²) in [4.78, 5) is 17.0. The Labute approximate surface area is 312 Å². The van der Waals surface area contributed by atoms with Crippen molar-refractivity contribution in [2.45, 2.75) is 141 Å². The number of amidine groups is 1. The van der Waals surface area contributed by atoms with Gasteiger partial charge >= 0.3 is 8.60 Å². The van der Waals surface area contributed by atoms with E-state index >= 15 is 0 Å². The zero-order valence-electron chi connectivity index (χ0n) is 31.4. The van der Waals surface area contributed by atoms with Gasteiger partial charge in [0.25, 0.3) is 0 Å². The number of rotatable bonds is 27. The van der Waals surface area contributed by atoms with E-state index < -0.39 is 20.0 Å². The smallest absolute Gasteiger partial charge is 0.329 e. The van der Waals surface area contributed by atoms with Gasteiger partial charge in [-0.05, 0) is 68.5 Å². The molecule has 6 N–H and O–H groups in total. The summed E-state index contributed by atoms with van der Waals surface area (Å²) < 4.78 is 35.9. The fraction of sp³-hybridized carbons (Fsp3) is 0.667. The molecular weight excluding hydrogens is 684 g/mol. The Kier molecular flexibility index (Phi) is 24.3. The molecule has 1 aromatic carbocycles. The van der Waals surface area contributed by atoms with Crippen molar-refractivity contribution in [1.82, 2.24) is 4.98 Å². The van der Waals surface area contributed by atoms with Crippen molar-refractivity contribution in [3.8, 4) is 6.07 Å². The summed E-state index contributed by atoms with van der Waals surface area (Å²) in [5, 5.41) is 24.5. The number of unbranched alkanes of at least 4 members (excludes halogenated alkanes) is 13. The lowest BCUT2D eigenvalue weighted by Crippen LogP contribution is -2.29. The van der Waals surface area contributed by atoms with Crippen LogP contribution in [-0.2, 0) is 25.1 Å². The van der Waals surface area contributed by atoms with E-state index in [0.717, 1.165) is 31.3 Å². The summed E-state index contributed by atoms with van der Waals surface area (Å²) in [6.45, 7) is 5.50. The van der Waals surface area contributed by atoms with E-state index in [2.05, 4.69) is 16.9 Å². The fourth-order valence-corrected chi connectivity index (χ4v) is 6.68. The SMILES string of the molecule is CCCCCCCCCCCCCCCCO.C[C@@]1(COP(O)OCCCOCc2cc(F)cc(C#N)c2)CCC(c2ccc(C(N)=NC=N)[nH]2)O1. The average Bonchev–Trinajstić information content (AvgIpc) is 3.79. The number of hydrogen-bond donors (Lipinski definition) is 5. The first-order valence-corrected chi connectivity index (χ1v) is 20.2. The van der Waals surface area contributed by atoms with Crippen LogP contribution in [0.15, 0.2) is 35.3 Å². The number of nitrogens with one attached hydrogen (secondary N) is 2. The average molecular weight is 748 g/mol. The number of aliphatic hydroxyl groups is 1. The molecule has 0 aliphatic carbocycles. The first-order valence-electron chi connectivity index (χ1n) is 19.1. The molecule has 11 nitrogen and oxygen atoms in total. The third kappa shape index (κ3) is 19.9. The van der Waals surface area contributed by atoms with Crippen LogP contribution in [0.1, 0.15) is 152 Å². The maximum atomic E-state index is 13.4. The van der Waals surface area contributed by atoms with Gasteiger partial charge in [-0.1, -0.05) is 90.4 Å². The van der Waals surface area contributed by atoms with Crippen molar-refractivity contribution in [2.24, 2.45) is 10.7 Å². The van der Waals surface area contributed by atoms with E-state index in [1.807, 2.05) is 19.1 Å². The Morgan fingerprint density at radius 1 is 1.04 bits per heavy atom. The van der Waals surface area contributed by atoms with E-state index in [-0.39, 0.29) is 37.3 Å². The first kappa shape index (κ1) is 45.4. The maximum absolute atomic E-state index is 13.4. The Hall–Kier alpha value is -2.75. The zero-order chi connectivity index (χ0) is 37.9. The molecule has 0 bridgehead atoms. The second-order valence-corrected chi connectivity index (χ2v) is 14.6. The minimum atomic E-state index is -2.06. The van der Waals surface area contributed by atoms with Gasteiger partial charge in [0, 0.05) is 18.9 Å². The Bertz CT molecular complexity index is 1310. The van der Waals surface area contributed by atoms with Crippen molar-refractivity contribution in [1.29, 1.82) is 10.7 Å². The van der Waals surface area contributed by atoms with Crippen LogP contribution >= 0.6 is 8.60 Å². The van der Waals surface area contributed by atoms with E-state index in [1.54, 1.807) is 12.1 Å². The summed E-state index contributed by atoms with van der Waals surface area (Å²) >= 11 is 0. The highest BCUT2D eigenvalue weighted by Gasteiger charge is 2.38. The van der Waals surface area contributed by atoms with Crippen LogP contribution in [0.2, 0.25) is 0 Å². The second-order valence-electron chi connectivity index (χ2n) is 13.6. The molecule has 13 heteroatoms. The van der Waals surface area contributed by atoms with Crippen LogP contribution in [0.5, 0.6) is 0 Å². The summed E-state index contributed by atoms with van der Waals surface area (Å²) in [7, 11) is -2.06. The molecule has 0 saturated carbocycles. The van der Waals surface area contributed by atoms with Crippen molar-refractivity contribution in [3.63, 3.8) is 0 Å². The highest BCUT2D eigenvalue weighted by atomic mass is 31.2. The lowest BCUT2D eigenvalue weighted by molar-refractivity contribution is -0.0598. The van der Waals surface area contributed by atoms with Crippen LogP contribution in [0, 0.1) is 22.6 Å². The summed E-state index contributed by atoms with van der Waals surface area (Å²) in [6.07, 6.45) is 21.9. The molecule has 0 spiro atoms. The Morgan fingerprint density at radius 3 is 2.31 bits per heavy atom. The predicted octanol–water partition coefficient (Wildman–Crippen LogP) is 9.27. The standard InChI is InChI=1S/C23H29FN5O5P.C16H34O/c1-23(6-5-21(34-23)19-3-4-20(29-19)22(27)28-15-26)14-33-35(30)32-8-2-7-31-13-17-9-16(12-25)10-18(24)11-17;1-2-3-4-5-6-7-8-9-10-11-12-13-14-15-16-17/h3-4,9-11,15,21,29-30H,2,5-8,13-14H2,1H3,(H3,26,27,28);17H,2-16H2,1H3/t21?,23-,35?;/m0./s1. The molecule has 1 fully saturated rings. The van der Waals surface area contributed by atoms with Gasteiger partial charge in [0.1, 0.15) is 18.0 Å². The quantitative estimate of drug-likeness (QED) is 0.0260. The number of ether oxygens (including phenoxy) is 2. The van der Waals surface area contributed by atoms with Crippen molar-refractivity contribution in [3.05, 3.63) is 58.7 Å². The molecule has 2 aromatic rings. The van der Waals surface area contributed by atoms with Gasteiger partial charge in [-0.3, -0.25) is 5.41 Å². The van der Waals surface area contributed by atoms with Crippen LogP contribution < -0.4 is 5.73 Å². The molecule has 2 unspecified atom stereocenters. The van der Waals surface area contributed by atoms with E-state index in [0.29, 0.717) is 30.9 Å². The largest absolute Gasteiger partial charge is 0.396 e. The number of benzene rings is 1. The molecular formula is C39H63FN5O6P. The fourth-order valence-electron chi connectivity index (χ4n) is 5.94. The van der Waals surface area contributed by atoms with Crippen molar-refractivity contribution >= 4 is 20.8 Å². The van der Waals surface area contributed by atoms with Gasteiger partial charge < -0.3 is 39.2 Å². The van der Waals surface area contributed by atoms with E-state index in [9.17, 15) is 9.28 Å². The van der Waals surface area contributed by atoms with Gasteiger partial charge in [-0.25, -0.2) is 9.38 Å². The number of halogens is 1. The second kappa shape index (κ2) is 27.8. The van der Waals surface area contributed by atoms with Crippen LogP contribution in [-0.4, -0.2) is 59.2 Å². The molecule has 0 radical (unpaired) electrons. The maximum Gasteiger partial charge on any atom is 0.329 e. The summed E-state index contributed by atoms with van der Waals surface area (Å²) in [5.41, 5.74) is 7.53. The predicted molar refractivity (Wildman–Crippen MR) is 206 cm³/mol. The summed E-state index contributed by atoms with van der Waals surface area (Å²) in [6, 6.07) is 9.64. The Morgan fingerprint density at radius 2 is 1.69 bits per heavy atom. The molecule has 1 aromatic heterocycles. The molecule has 52 heavy (non-hydrogen) atoms. The number of aromatic amines is 1. The third-order valence-corrected chi connectivity index (χ3v) is 9.63. The highest BCUT2D eigenvalue weighted by Crippen LogP contribution is 2.42. The number of aromatic nitrogens is 1. The van der Waals surface area contributed by atoms with E-state index in [1.165, 1.54) is 95.6 Å². The normalized spacial score (nSPS) is 17.8. The molecule has 0 amide bonds. The van der Waals surface area contributed by atoms with Gasteiger partial charge in [0.15, 0.2) is 0 Å². The topological polar surface area (TPSA) is 179 Å². The van der Waals surface area contributed by atoms with Gasteiger partial charge in [-0.2, -0.15) is 5.26 Å². The van der Waals surface area contributed by atoms with Gasteiger partial charge in [-0.15, -0.1) is 0 Å². The van der Waals surface area contributed by atoms with Crippen LogP contribution in [0.3, 0.4) is 0 Å². The van der Waals surface area contributed by atoms with E-state index in [4.69, 9.17) is 40.0 Å². The number of nitrogens with two attached hydrogens (primary N) is 1. The number of nitriles is 1. The molecule has 1 aliphatic rings. The number of aliphatic imine (C=N–C) groups is 1. The first-order chi connectivity index (χ1) is 25.2. The molecule has 1 aliphatic heterocycles. The molecule has 292 valence electrons. The molecule has 3 rings (SSSR count). The Balaban J connectivity index is 0.000000465. The summed E-state index contributed by atoms with van der Waals surface area (Å²) in [5.74, 6) is -0.248. The number of aliphatic hydroxyl groups excluding tert-OH is 1. The number of hydrogen-bond acceptors (Lipinski definition) is 8. The number of nitrogens with zero attached hydrogens (tertiary/aromatic N) is 2. The molecule has 2 heterocycles. The third-order valence-electron chi connectivity index (χ3n) is 8.88. The lowest BCUT2D eigenvalue weighted by Gasteiger charge is -2.25. The zero-order valence-corrected chi connectivity index (χ0v) is 32.3. The van der Waals surface area contributed by atoms with Crippen LogP contribution in [0.4, 0.5) is 4.39 Å². The number of H-pyrrole nitrogens is 1. The van der Waals surface area contributed by atoms with Gasteiger partial charge in [0.05, 0.1) is 48.9 Å². The lowest BCUT2D eigenvalue weighted by atomic mass is 10.0. The van der Waals surface area contributed by atoms with Gasteiger partial charge in [0.2, 0.25) is 0 Å². The molecule has 3 atom stereocenters. The highest BCUT2D eigenvalue weighted by molar-refractivity contribution is 7.40. The van der Waals surface area contributed by atoms with Crippen LogP contribution in [0.25, 0.3) is 0 Å². The minimum Gasteiger partial charge on any atom is -0.396 e. The molecule has 1 saturated heterocycles. The monoisotopic (exact) mass is 747 g/mol. The minimum absolute atomic E-state index is 0.171. The van der Waals surface area contributed by atoms with Crippen molar-refractivity contribution in [2.75, 3.05) is 26.4 Å².